The molecule has 0 aliphatic rings. The van der Waals surface area contributed by atoms with Gasteiger partial charge in [0.2, 0.25) is 0 Å². The lowest BCUT2D eigenvalue weighted by Gasteiger charge is -2.51. The standard InChI is InChI=1S/C53H75NO5SSi2/c1-15-26-47(40(5)35-43-37-60-42(7)54-43)57-49(56)36-48(55)53(11,12)51(41(6)50(39(4)28-25-27-38(2)3)58-61(13,14)52(8,9)10)59-62(44-29-19-16-20-30-44,45-31-21-17-22-32-45)46-33-23-18-24-34-46/h15-24,29-35,37,39,41,47-48,50-51,55H,1-2,25-28,36H2,3-14H3/b40-35+/t39-,41+,47-,48-,50-,51+/m0/s1. The quantitative estimate of drug-likeness (QED) is 0.0346. The summed E-state index contributed by atoms with van der Waals surface area (Å²) < 4.78 is 21.9. The number of aliphatic hydroxyl groups is 1. The number of esters is 1. The van der Waals surface area contributed by atoms with Crippen LogP contribution in [0.4, 0.5) is 0 Å². The van der Waals surface area contributed by atoms with Gasteiger partial charge in [-0.2, -0.15) is 0 Å². The largest absolute Gasteiger partial charge is 0.457 e. The molecule has 0 unspecified atom stereocenters. The van der Waals surface area contributed by atoms with Crippen molar-refractivity contribution in [3.05, 3.63) is 137 Å². The number of hydrogen-bond donors (Lipinski definition) is 1. The molecular formula is C53H75NO5SSi2. The van der Waals surface area contributed by atoms with Gasteiger partial charge in [-0.05, 0) is 91.3 Å². The number of hydrogen-bond acceptors (Lipinski definition) is 7. The van der Waals surface area contributed by atoms with Gasteiger partial charge in [0.15, 0.2) is 8.32 Å². The maximum Gasteiger partial charge on any atom is 0.309 e. The van der Waals surface area contributed by atoms with E-state index in [2.05, 4.69) is 159 Å². The Kier molecular flexibility index (Phi) is 18.3. The fourth-order valence-electron chi connectivity index (χ4n) is 8.24. The van der Waals surface area contributed by atoms with Gasteiger partial charge in [0.25, 0.3) is 8.32 Å². The molecule has 6 atom stereocenters. The molecule has 0 radical (unpaired) electrons. The fourth-order valence-corrected chi connectivity index (χ4v) is 14.6. The molecule has 9 heteroatoms. The first kappa shape index (κ1) is 50.9. The molecule has 1 N–H and O–H groups in total. The van der Waals surface area contributed by atoms with E-state index in [1.807, 2.05) is 43.5 Å². The number of nitrogens with zero attached hydrogens (tertiary/aromatic N) is 1. The average Bonchev–Trinajstić information content (AvgIpc) is 3.64. The molecule has 1 heterocycles. The minimum atomic E-state index is -3.36. The Balaban J connectivity index is 1.90. The van der Waals surface area contributed by atoms with Crippen LogP contribution in [0.2, 0.25) is 18.1 Å². The number of benzene rings is 3. The third-order valence-corrected chi connectivity index (χ3v) is 22.3. The summed E-state index contributed by atoms with van der Waals surface area (Å²) in [5.41, 5.74) is 1.89. The van der Waals surface area contributed by atoms with Crippen molar-refractivity contribution in [2.75, 3.05) is 0 Å². The van der Waals surface area contributed by atoms with Gasteiger partial charge in [-0.15, -0.1) is 24.5 Å². The van der Waals surface area contributed by atoms with E-state index in [1.165, 1.54) is 5.57 Å². The molecule has 4 aromatic rings. The van der Waals surface area contributed by atoms with Crippen LogP contribution < -0.4 is 15.6 Å². The first-order valence-corrected chi connectivity index (χ1v) is 28.1. The Morgan fingerprint density at radius 1 is 0.871 bits per heavy atom. The highest BCUT2D eigenvalue weighted by Crippen LogP contribution is 2.44. The van der Waals surface area contributed by atoms with Gasteiger partial charge >= 0.3 is 5.97 Å². The second kappa shape index (κ2) is 22.3. The molecule has 1 aromatic heterocycles. The number of aryl methyl sites for hydroxylation is 1. The lowest BCUT2D eigenvalue weighted by Crippen LogP contribution is -2.72. The van der Waals surface area contributed by atoms with E-state index in [4.69, 9.17) is 13.6 Å². The van der Waals surface area contributed by atoms with Crippen LogP contribution in [0.5, 0.6) is 0 Å². The summed E-state index contributed by atoms with van der Waals surface area (Å²) in [5, 5.41) is 18.8. The Morgan fingerprint density at radius 2 is 1.39 bits per heavy atom. The summed E-state index contributed by atoms with van der Waals surface area (Å²) >= 11 is 1.58. The fraction of sp³-hybridized carbons (Fsp3) is 0.472. The summed E-state index contributed by atoms with van der Waals surface area (Å²) in [6.45, 7) is 34.3. The summed E-state index contributed by atoms with van der Waals surface area (Å²) in [5.74, 6) is -0.529. The predicted molar refractivity (Wildman–Crippen MR) is 268 cm³/mol. The summed E-state index contributed by atoms with van der Waals surface area (Å²) in [6, 6.07) is 31.7. The van der Waals surface area contributed by atoms with E-state index in [-0.39, 0.29) is 29.4 Å². The van der Waals surface area contributed by atoms with Gasteiger partial charge in [-0.25, -0.2) is 4.98 Å². The number of aromatic nitrogens is 1. The topological polar surface area (TPSA) is 77.9 Å². The van der Waals surface area contributed by atoms with Gasteiger partial charge in [-0.1, -0.05) is 151 Å². The van der Waals surface area contributed by atoms with Crippen LogP contribution in [-0.2, 0) is 18.4 Å². The summed E-state index contributed by atoms with van der Waals surface area (Å²) in [7, 11) is -5.70. The van der Waals surface area contributed by atoms with Gasteiger partial charge in [-0.3, -0.25) is 4.79 Å². The SMILES string of the molecule is C=CC[C@H](OC(=O)C[C@H](O)C(C)(C)[C@H](O[Si](c1ccccc1)(c1ccccc1)c1ccccc1)[C@H](C)[C@@H](O[Si](C)(C)C(C)(C)C)[C@@H](C)CCCC(=C)C)/C(C)=C/c1csc(C)n1. The highest BCUT2D eigenvalue weighted by molar-refractivity contribution is 7.09. The Hall–Kier alpha value is -3.71. The van der Waals surface area contributed by atoms with Crippen molar-refractivity contribution in [2.45, 2.75) is 144 Å². The highest BCUT2D eigenvalue weighted by Gasteiger charge is 2.53. The second-order valence-electron chi connectivity index (χ2n) is 19.6. The molecule has 0 aliphatic carbocycles. The van der Waals surface area contributed by atoms with E-state index >= 15 is 0 Å². The minimum absolute atomic E-state index is 0.0406. The molecule has 0 fully saturated rings. The Morgan fingerprint density at radius 3 is 1.82 bits per heavy atom. The van der Waals surface area contributed by atoms with Crippen LogP contribution in [-0.4, -0.2) is 57.1 Å². The predicted octanol–water partition coefficient (Wildman–Crippen LogP) is 11.6. The van der Waals surface area contributed by atoms with Crippen LogP contribution in [0, 0.1) is 24.2 Å². The molecule has 6 nitrogen and oxygen atoms in total. The lowest BCUT2D eigenvalue weighted by atomic mass is 9.71. The molecule has 4 rings (SSSR count). The van der Waals surface area contributed by atoms with Crippen molar-refractivity contribution >= 4 is 55.6 Å². The molecule has 0 aliphatic heterocycles. The summed E-state index contributed by atoms with van der Waals surface area (Å²) in [4.78, 5) is 18.7. The minimum Gasteiger partial charge on any atom is -0.457 e. The van der Waals surface area contributed by atoms with Crippen LogP contribution in [0.3, 0.4) is 0 Å². The molecule has 0 bridgehead atoms. The van der Waals surface area contributed by atoms with E-state index in [1.54, 1.807) is 17.4 Å². The van der Waals surface area contributed by atoms with Gasteiger partial charge in [0.1, 0.15) is 6.10 Å². The molecule has 0 spiro atoms. The maximum absolute atomic E-state index is 14.1. The number of aliphatic hydroxyl groups excluding tert-OH is 1. The monoisotopic (exact) mass is 893 g/mol. The van der Waals surface area contributed by atoms with Crippen LogP contribution in [0.25, 0.3) is 6.08 Å². The molecule has 3 aromatic carbocycles. The number of ether oxygens (including phenoxy) is 1. The number of thiazole rings is 1. The number of carbonyl (C=O) groups is 1. The molecule has 62 heavy (non-hydrogen) atoms. The zero-order chi connectivity index (χ0) is 45.9. The van der Waals surface area contributed by atoms with Gasteiger partial charge in [0, 0.05) is 23.1 Å². The van der Waals surface area contributed by atoms with Crippen molar-refractivity contribution in [1.29, 1.82) is 0 Å². The van der Waals surface area contributed by atoms with Crippen LogP contribution in [0.1, 0.15) is 105 Å². The van der Waals surface area contributed by atoms with Crippen molar-refractivity contribution in [2.24, 2.45) is 17.3 Å². The first-order valence-electron chi connectivity index (χ1n) is 22.4. The van der Waals surface area contributed by atoms with E-state index in [0.717, 1.165) is 51.1 Å². The first-order chi connectivity index (χ1) is 29.1. The van der Waals surface area contributed by atoms with Crippen molar-refractivity contribution in [1.82, 2.24) is 4.98 Å². The molecule has 0 saturated heterocycles. The van der Waals surface area contributed by atoms with Crippen LogP contribution in [0.15, 0.2) is 127 Å². The Labute approximate surface area is 380 Å². The van der Waals surface area contributed by atoms with Crippen LogP contribution >= 0.6 is 11.3 Å². The third-order valence-electron chi connectivity index (χ3n) is 13.0. The zero-order valence-corrected chi connectivity index (χ0v) is 42.6. The molecular weight excluding hydrogens is 819 g/mol. The Bertz CT molecular complexity index is 1960. The normalized spacial score (nSPS) is 15.9. The van der Waals surface area contributed by atoms with Crippen molar-refractivity contribution < 1.29 is 23.5 Å². The number of carbonyl (C=O) groups excluding carboxylic acids is 1. The average molecular weight is 894 g/mol. The van der Waals surface area contributed by atoms with E-state index in [0.29, 0.717) is 6.42 Å². The van der Waals surface area contributed by atoms with Gasteiger partial charge < -0.3 is 18.7 Å². The van der Waals surface area contributed by atoms with E-state index in [9.17, 15) is 9.90 Å². The second-order valence-corrected chi connectivity index (χ2v) is 28.7. The lowest BCUT2D eigenvalue weighted by molar-refractivity contribution is -0.154. The molecule has 0 saturated carbocycles. The van der Waals surface area contributed by atoms with Gasteiger partial charge in [0.05, 0.1) is 35.4 Å². The van der Waals surface area contributed by atoms with E-state index < -0.39 is 46.3 Å². The van der Waals surface area contributed by atoms with Crippen molar-refractivity contribution in [3.63, 3.8) is 0 Å². The number of allylic oxidation sites excluding steroid dienone is 1. The molecule has 336 valence electrons. The maximum atomic E-state index is 14.1. The third kappa shape index (κ3) is 12.9. The summed E-state index contributed by atoms with van der Waals surface area (Å²) in [6.07, 6.45) is 4.38. The number of rotatable bonds is 23. The smallest absolute Gasteiger partial charge is 0.309 e. The zero-order valence-electron chi connectivity index (χ0n) is 39.7. The highest BCUT2D eigenvalue weighted by atomic mass is 32.1. The molecule has 0 amide bonds. The van der Waals surface area contributed by atoms with Crippen molar-refractivity contribution in [3.8, 4) is 0 Å².